The number of rotatable bonds is 1. The third-order valence-corrected chi connectivity index (χ3v) is 2.87. The van der Waals surface area contributed by atoms with Crippen LogP contribution in [0.25, 0.3) is 0 Å². The first-order valence-electron chi connectivity index (χ1n) is 4.36. The molecule has 0 spiro atoms. The first-order valence-corrected chi connectivity index (χ1v) is 4.36. The highest BCUT2D eigenvalue weighted by Crippen LogP contribution is 2.18. The molecule has 0 radical (unpaired) electrons. The molecule has 2 bridgehead atoms. The summed E-state index contributed by atoms with van der Waals surface area (Å²) in [5, 5.41) is 0. The molecule has 2 saturated heterocycles. The van der Waals surface area contributed by atoms with Gasteiger partial charge in [0.05, 0.1) is 0 Å². The van der Waals surface area contributed by atoms with Gasteiger partial charge in [0.25, 0.3) is 0 Å². The fourth-order valence-corrected chi connectivity index (χ4v) is 2.18. The highest BCUT2D eigenvalue weighted by atomic mass is 15.3. The van der Waals surface area contributed by atoms with Gasteiger partial charge >= 0.3 is 0 Å². The van der Waals surface area contributed by atoms with E-state index in [1.165, 1.54) is 40.0 Å². The molecule has 56 valence electrons. The minimum Gasteiger partial charge on any atom is -0.341 e. The molecule has 2 aliphatic heterocycles. The lowest BCUT2D eigenvalue weighted by atomic mass is 9.92. The van der Waals surface area contributed by atoms with E-state index >= 15 is 0 Å². The van der Waals surface area contributed by atoms with Crippen LogP contribution in [-0.2, 0) is 0 Å². The summed E-state index contributed by atoms with van der Waals surface area (Å²) in [5.74, 6) is 0. The predicted octanol–water partition coefficient (Wildman–Crippen LogP) is -0.224. The highest BCUT2D eigenvalue weighted by molar-refractivity contribution is 6.30. The molecular weight excluding hydrogens is 123 g/mol. The van der Waals surface area contributed by atoms with Crippen LogP contribution in [0.1, 0.15) is 6.42 Å². The van der Waals surface area contributed by atoms with Crippen molar-refractivity contribution in [1.82, 2.24) is 9.71 Å². The molecule has 0 aromatic carbocycles. The monoisotopic (exact) mass is 138 g/mol. The Labute approximate surface area is 63.4 Å². The van der Waals surface area contributed by atoms with Crippen LogP contribution in [0.15, 0.2) is 0 Å². The van der Waals surface area contributed by atoms with Crippen molar-refractivity contribution in [2.24, 2.45) is 0 Å². The van der Waals surface area contributed by atoms with Crippen LogP contribution in [-0.4, -0.2) is 49.3 Å². The van der Waals surface area contributed by atoms with Gasteiger partial charge < -0.3 is 9.71 Å². The van der Waals surface area contributed by atoms with E-state index in [1.807, 2.05) is 0 Å². The molecule has 0 N–H and O–H groups in total. The predicted molar refractivity (Wildman–Crippen MR) is 44.6 cm³/mol. The molecule has 2 nitrogen and oxygen atoms in total. The molecule has 2 rings (SSSR count). The first kappa shape index (κ1) is 6.68. The van der Waals surface area contributed by atoms with Gasteiger partial charge in [-0.25, -0.2) is 0 Å². The Balaban J connectivity index is 2.00. The van der Waals surface area contributed by atoms with E-state index in [9.17, 15) is 0 Å². The van der Waals surface area contributed by atoms with E-state index in [-0.39, 0.29) is 0 Å². The molecular formula is C7H15BN2. The normalized spacial score (nSPS) is 40.1. The van der Waals surface area contributed by atoms with Crippen molar-refractivity contribution in [3.8, 4) is 0 Å². The minimum absolute atomic E-state index is 0.902. The van der Waals surface area contributed by atoms with Crippen molar-refractivity contribution >= 4 is 7.41 Å². The van der Waals surface area contributed by atoms with Gasteiger partial charge in [0.15, 0.2) is 0 Å². The summed E-state index contributed by atoms with van der Waals surface area (Å²) in [6.07, 6.45) is 1.41. The number of fused-ring (bicyclic) bond motifs is 2. The Hall–Kier alpha value is -0.0151. The number of nitrogens with zero attached hydrogens (tertiary/aromatic N) is 2. The zero-order chi connectivity index (χ0) is 6.97. The maximum atomic E-state index is 2.61. The number of hydrogen-bond acceptors (Lipinski definition) is 2. The molecule has 2 unspecified atom stereocenters. The Morgan fingerprint density at radius 3 is 3.00 bits per heavy atom. The maximum Gasteiger partial charge on any atom is 0.201 e. The number of hydrogen-bond donors (Lipinski definition) is 0. The van der Waals surface area contributed by atoms with Gasteiger partial charge in [0.2, 0.25) is 7.41 Å². The smallest absolute Gasteiger partial charge is 0.201 e. The second-order valence-corrected chi connectivity index (χ2v) is 3.37. The van der Waals surface area contributed by atoms with E-state index in [2.05, 4.69) is 16.5 Å². The van der Waals surface area contributed by atoms with Crippen LogP contribution in [0, 0.1) is 0 Å². The van der Waals surface area contributed by atoms with Gasteiger partial charge in [-0.15, -0.1) is 0 Å². The summed E-state index contributed by atoms with van der Waals surface area (Å²) < 4.78 is 0. The zero-order valence-electron chi connectivity index (χ0n) is 6.71. The summed E-state index contributed by atoms with van der Waals surface area (Å²) >= 11 is 0. The number of piperazine rings is 1. The molecule has 0 saturated carbocycles. The molecule has 2 aliphatic rings. The molecule has 2 fully saturated rings. The summed E-state index contributed by atoms with van der Waals surface area (Å²) in [7, 11) is 1.25. The van der Waals surface area contributed by atoms with E-state index < -0.39 is 0 Å². The van der Waals surface area contributed by atoms with Gasteiger partial charge in [0, 0.05) is 25.7 Å². The third kappa shape index (κ3) is 0.975. The highest BCUT2D eigenvalue weighted by Gasteiger charge is 2.30. The van der Waals surface area contributed by atoms with Crippen molar-refractivity contribution in [3.63, 3.8) is 0 Å². The van der Waals surface area contributed by atoms with Crippen LogP contribution < -0.4 is 0 Å². The molecule has 2 heterocycles. The summed E-state index contributed by atoms with van der Waals surface area (Å²) in [6, 6.07) is 0.902. The van der Waals surface area contributed by atoms with Crippen LogP contribution in [0.2, 0.25) is 6.82 Å². The van der Waals surface area contributed by atoms with Crippen LogP contribution in [0.5, 0.6) is 0 Å². The molecule has 0 aliphatic carbocycles. The van der Waals surface area contributed by atoms with E-state index in [1.54, 1.807) is 0 Å². The van der Waals surface area contributed by atoms with Gasteiger partial charge in [-0.1, -0.05) is 6.82 Å². The molecule has 2 atom stereocenters. The lowest BCUT2D eigenvalue weighted by Crippen LogP contribution is -2.47. The van der Waals surface area contributed by atoms with Crippen molar-refractivity contribution in [1.29, 1.82) is 0 Å². The first-order chi connectivity index (χ1) is 4.90. The van der Waals surface area contributed by atoms with Gasteiger partial charge in [-0.3, -0.25) is 0 Å². The second kappa shape index (κ2) is 2.55. The van der Waals surface area contributed by atoms with Crippen LogP contribution in [0.3, 0.4) is 0 Å². The van der Waals surface area contributed by atoms with Crippen molar-refractivity contribution in [2.75, 3.05) is 26.2 Å². The van der Waals surface area contributed by atoms with Crippen LogP contribution >= 0.6 is 0 Å². The molecule has 0 amide bonds. The molecule has 0 aromatic rings. The average molecular weight is 138 g/mol. The molecule has 10 heavy (non-hydrogen) atoms. The summed E-state index contributed by atoms with van der Waals surface area (Å²) in [5.41, 5.74) is 0. The zero-order valence-corrected chi connectivity index (χ0v) is 6.71. The van der Waals surface area contributed by atoms with Crippen molar-refractivity contribution in [2.45, 2.75) is 19.3 Å². The maximum absolute atomic E-state index is 2.61. The Kier molecular flexibility index (Phi) is 1.70. The summed E-state index contributed by atoms with van der Waals surface area (Å²) in [4.78, 5) is 5.19. The van der Waals surface area contributed by atoms with Crippen molar-refractivity contribution < 1.29 is 0 Å². The van der Waals surface area contributed by atoms with E-state index in [4.69, 9.17) is 0 Å². The van der Waals surface area contributed by atoms with Gasteiger partial charge in [-0.2, -0.15) is 0 Å². The topological polar surface area (TPSA) is 6.48 Å². The lowest BCUT2D eigenvalue weighted by molar-refractivity contribution is 0.215. The minimum atomic E-state index is 0.902. The van der Waals surface area contributed by atoms with Crippen molar-refractivity contribution in [3.05, 3.63) is 0 Å². The van der Waals surface area contributed by atoms with E-state index in [0.29, 0.717) is 0 Å². The largest absolute Gasteiger partial charge is 0.341 e. The SMILES string of the molecule is CBN1CCN2CCC1C2. The van der Waals surface area contributed by atoms with Gasteiger partial charge in [-0.05, 0) is 13.0 Å². The van der Waals surface area contributed by atoms with Crippen LogP contribution in [0.4, 0.5) is 0 Å². The quantitative estimate of drug-likeness (QED) is 0.462. The molecule has 3 heteroatoms. The second-order valence-electron chi connectivity index (χ2n) is 3.37. The lowest BCUT2D eigenvalue weighted by Gasteiger charge is -2.33. The third-order valence-electron chi connectivity index (χ3n) is 2.87. The Morgan fingerprint density at radius 1 is 1.30 bits per heavy atom. The standard InChI is InChI=1S/C7H15BN2/c1-8-10-5-4-9-3-2-7(10)6-9/h7-8H,2-6H2,1H3. The fourth-order valence-electron chi connectivity index (χ4n) is 2.18. The Bertz CT molecular complexity index is 129. The Morgan fingerprint density at radius 2 is 2.20 bits per heavy atom. The average Bonchev–Trinajstić information content (AvgIpc) is 2.34. The summed E-state index contributed by atoms with van der Waals surface area (Å²) in [6.45, 7) is 7.58. The van der Waals surface area contributed by atoms with E-state index in [0.717, 1.165) is 6.04 Å². The van der Waals surface area contributed by atoms with Gasteiger partial charge in [0.1, 0.15) is 0 Å². The fraction of sp³-hybridized carbons (Fsp3) is 1.00. The molecule has 0 aromatic heterocycles.